The molecule has 1 saturated heterocycles. The molecule has 1 fully saturated rings. The molecule has 0 amide bonds. The second-order valence-corrected chi connectivity index (χ2v) is 12.3. The van der Waals surface area contributed by atoms with E-state index in [1.165, 1.54) is 10.4 Å². The Kier molecular flexibility index (Phi) is 5.26. The van der Waals surface area contributed by atoms with E-state index in [-0.39, 0.29) is 24.9 Å². The van der Waals surface area contributed by atoms with Crippen molar-refractivity contribution in [3.05, 3.63) is 41.5 Å². The van der Waals surface area contributed by atoms with E-state index in [0.29, 0.717) is 6.42 Å². The van der Waals surface area contributed by atoms with Crippen molar-refractivity contribution in [3.63, 3.8) is 0 Å². The van der Waals surface area contributed by atoms with E-state index >= 15 is 0 Å². The van der Waals surface area contributed by atoms with Crippen molar-refractivity contribution >= 4 is 20.4 Å². The van der Waals surface area contributed by atoms with Crippen molar-refractivity contribution < 1.29 is 14.4 Å². The fraction of sp³-hybridized carbons (Fsp3) is 0.556. The van der Waals surface area contributed by atoms with E-state index in [0.717, 1.165) is 0 Å². The van der Waals surface area contributed by atoms with Crippen molar-refractivity contribution in [2.24, 2.45) is 0 Å². The van der Waals surface area contributed by atoms with Gasteiger partial charge in [-0.15, -0.1) is 0 Å². The molecular formula is C18H29BO3Si. The Labute approximate surface area is 141 Å². The highest BCUT2D eigenvalue weighted by molar-refractivity contribution is 6.96. The molecule has 1 aliphatic rings. The molecule has 0 aliphatic carbocycles. The summed E-state index contributed by atoms with van der Waals surface area (Å²) in [7, 11) is -2.20. The third kappa shape index (κ3) is 3.79. The quantitative estimate of drug-likeness (QED) is 0.842. The van der Waals surface area contributed by atoms with Gasteiger partial charge >= 0.3 is 7.12 Å². The minimum atomic E-state index is -1.85. The summed E-state index contributed by atoms with van der Waals surface area (Å²) in [6, 6.07) is 10.6. The zero-order valence-corrected chi connectivity index (χ0v) is 16.2. The molecule has 1 aromatic carbocycles. The van der Waals surface area contributed by atoms with E-state index in [9.17, 15) is 5.11 Å². The molecule has 0 unspecified atom stereocenters. The SMILES string of the molecule is CC1(C)OB(/C=C(/CCO)[Si](C)(C)c2ccccc2)OC1(C)C. The zero-order chi connectivity index (χ0) is 17.3. The Bertz CT molecular complexity index is 551. The lowest BCUT2D eigenvalue weighted by molar-refractivity contribution is 0.00578. The van der Waals surface area contributed by atoms with Crippen LogP contribution in [0.3, 0.4) is 0 Å². The van der Waals surface area contributed by atoms with Crippen LogP contribution in [0.15, 0.2) is 41.5 Å². The standard InChI is InChI=1S/C18H29BO3Si/c1-17(2)18(3,4)22-19(21-17)14-16(12-13-20)23(5,6)15-10-8-7-9-11-15/h7-11,14,20H,12-13H2,1-6H3/b16-14-. The maximum absolute atomic E-state index is 9.53. The van der Waals surface area contributed by atoms with Gasteiger partial charge < -0.3 is 14.4 Å². The second-order valence-electron chi connectivity index (χ2n) is 7.78. The molecule has 0 atom stereocenters. The molecule has 0 spiro atoms. The Balaban J connectivity index is 2.32. The number of hydrogen-bond donors (Lipinski definition) is 1. The predicted octanol–water partition coefficient (Wildman–Crippen LogP) is 3.08. The van der Waals surface area contributed by atoms with Gasteiger partial charge in [0.2, 0.25) is 0 Å². The number of rotatable bonds is 5. The number of benzene rings is 1. The summed E-state index contributed by atoms with van der Waals surface area (Å²) in [5.74, 6) is 2.10. The maximum atomic E-state index is 9.53. The molecule has 1 aromatic rings. The third-order valence-corrected chi connectivity index (χ3v) is 9.09. The van der Waals surface area contributed by atoms with Gasteiger partial charge in [-0.3, -0.25) is 0 Å². The minimum Gasteiger partial charge on any atom is -0.400 e. The lowest BCUT2D eigenvalue weighted by Crippen LogP contribution is -2.44. The molecule has 23 heavy (non-hydrogen) atoms. The van der Waals surface area contributed by atoms with Crippen molar-refractivity contribution in [3.8, 4) is 0 Å². The first-order valence-corrected chi connectivity index (χ1v) is 11.3. The summed E-state index contributed by atoms with van der Waals surface area (Å²) >= 11 is 0. The number of aliphatic hydroxyl groups is 1. The molecular weight excluding hydrogens is 303 g/mol. The van der Waals surface area contributed by atoms with Crippen LogP contribution in [-0.4, -0.2) is 38.1 Å². The van der Waals surface area contributed by atoms with Crippen LogP contribution in [0.5, 0.6) is 0 Å². The van der Waals surface area contributed by atoms with Crippen LogP contribution in [-0.2, 0) is 9.31 Å². The van der Waals surface area contributed by atoms with Crippen molar-refractivity contribution in [1.82, 2.24) is 0 Å². The van der Waals surface area contributed by atoms with E-state index in [4.69, 9.17) is 9.31 Å². The van der Waals surface area contributed by atoms with E-state index < -0.39 is 8.07 Å². The Hall–Kier alpha value is -0.878. The molecule has 1 N–H and O–H groups in total. The Morgan fingerprint density at radius 2 is 1.61 bits per heavy atom. The molecule has 2 rings (SSSR count). The first-order chi connectivity index (χ1) is 10.6. The third-order valence-electron chi connectivity index (χ3n) is 5.29. The summed E-state index contributed by atoms with van der Waals surface area (Å²) in [6.45, 7) is 13.0. The van der Waals surface area contributed by atoms with Crippen LogP contribution >= 0.6 is 0 Å². The summed E-state index contributed by atoms with van der Waals surface area (Å²) in [4.78, 5) is 0. The summed E-state index contributed by atoms with van der Waals surface area (Å²) in [5.41, 5.74) is -0.673. The minimum absolute atomic E-state index is 0.147. The average molecular weight is 332 g/mol. The van der Waals surface area contributed by atoms with Crippen LogP contribution in [0.4, 0.5) is 0 Å². The Morgan fingerprint density at radius 1 is 1.09 bits per heavy atom. The molecule has 0 bridgehead atoms. The molecule has 1 aliphatic heterocycles. The zero-order valence-electron chi connectivity index (χ0n) is 15.2. The van der Waals surface area contributed by atoms with Crippen LogP contribution in [0, 0.1) is 0 Å². The van der Waals surface area contributed by atoms with Crippen LogP contribution in [0.25, 0.3) is 0 Å². The van der Waals surface area contributed by atoms with Crippen LogP contribution in [0.1, 0.15) is 34.1 Å². The molecule has 0 radical (unpaired) electrons. The lowest BCUT2D eigenvalue weighted by atomic mass is 9.89. The topological polar surface area (TPSA) is 38.7 Å². The summed E-state index contributed by atoms with van der Waals surface area (Å²) < 4.78 is 12.2. The summed E-state index contributed by atoms with van der Waals surface area (Å²) in [6.07, 6.45) is 0.665. The van der Waals surface area contributed by atoms with Gasteiger partial charge in [-0.05, 0) is 34.1 Å². The van der Waals surface area contributed by atoms with Crippen molar-refractivity contribution in [1.29, 1.82) is 0 Å². The van der Waals surface area contributed by atoms with E-state index in [1.807, 2.05) is 6.07 Å². The molecule has 0 aromatic heterocycles. The van der Waals surface area contributed by atoms with Gasteiger partial charge in [-0.2, -0.15) is 0 Å². The monoisotopic (exact) mass is 332 g/mol. The van der Waals surface area contributed by atoms with Crippen LogP contribution < -0.4 is 5.19 Å². The van der Waals surface area contributed by atoms with Gasteiger partial charge in [0.25, 0.3) is 0 Å². The normalized spacial score (nSPS) is 20.8. The van der Waals surface area contributed by atoms with Gasteiger partial charge in [-0.1, -0.05) is 59.8 Å². The van der Waals surface area contributed by atoms with Gasteiger partial charge in [0.1, 0.15) is 8.07 Å². The highest BCUT2D eigenvalue weighted by Crippen LogP contribution is 2.37. The molecule has 126 valence electrons. The molecule has 5 heteroatoms. The fourth-order valence-corrected chi connectivity index (χ4v) is 5.57. The highest BCUT2D eigenvalue weighted by Gasteiger charge is 2.50. The lowest BCUT2D eigenvalue weighted by Gasteiger charge is -2.32. The molecule has 1 heterocycles. The summed E-state index contributed by atoms with van der Waals surface area (Å²) in [5, 5.41) is 12.2. The number of hydrogen-bond acceptors (Lipinski definition) is 3. The van der Waals surface area contributed by atoms with Gasteiger partial charge in [0.05, 0.1) is 11.2 Å². The second kappa shape index (κ2) is 6.55. The van der Waals surface area contributed by atoms with Crippen molar-refractivity contribution in [2.45, 2.75) is 58.4 Å². The van der Waals surface area contributed by atoms with E-state index in [1.54, 1.807) is 0 Å². The maximum Gasteiger partial charge on any atom is 0.486 e. The predicted molar refractivity (Wildman–Crippen MR) is 99.4 cm³/mol. The average Bonchev–Trinajstić information content (AvgIpc) is 2.67. The fourth-order valence-electron chi connectivity index (χ4n) is 2.89. The largest absolute Gasteiger partial charge is 0.486 e. The number of aliphatic hydroxyl groups excluding tert-OH is 1. The smallest absolute Gasteiger partial charge is 0.400 e. The van der Waals surface area contributed by atoms with E-state index in [2.05, 4.69) is 71.0 Å². The van der Waals surface area contributed by atoms with Gasteiger partial charge in [0, 0.05) is 6.61 Å². The Morgan fingerprint density at radius 3 is 2.09 bits per heavy atom. The van der Waals surface area contributed by atoms with Crippen LogP contribution in [0.2, 0.25) is 13.1 Å². The molecule has 3 nitrogen and oxygen atoms in total. The first kappa shape index (κ1) is 18.5. The first-order valence-electron chi connectivity index (χ1n) is 8.33. The van der Waals surface area contributed by atoms with Gasteiger partial charge in [-0.25, -0.2) is 0 Å². The molecule has 0 saturated carbocycles. The van der Waals surface area contributed by atoms with Gasteiger partial charge in [0.15, 0.2) is 0 Å². The highest BCUT2D eigenvalue weighted by atomic mass is 28.3. The van der Waals surface area contributed by atoms with Crippen molar-refractivity contribution in [2.75, 3.05) is 6.61 Å².